The number of aromatic hydroxyl groups is 1. The molecule has 0 atom stereocenters. The molecule has 0 fully saturated rings. The summed E-state index contributed by atoms with van der Waals surface area (Å²) in [4.78, 5) is 13.9. The number of aliphatic hydroxyl groups is 1. The summed E-state index contributed by atoms with van der Waals surface area (Å²) in [6.45, 7) is -0.226. The lowest BCUT2D eigenvalue weighted by atomic mass is 10.2. The van der Waals surface area contributed by atoms with Crippen molar-refractivity contribution in [3.05, 3.63) is 52.0 Å². The molecule has 0 aliphatic carbocycles. The van der Waals surface area contributed by atoms with Gasteiger partial charge >= 0.3 is 0 Å². The van der Waals surface area contributed by atoms with Gasteiger partial charge in [-0.2, -0.15) is 0 Å². The quantitative estimate of drug-likeness (QED) is 0.498. The molecule has 1 aromatic carbocycles. The predicted octanol–water partition coefficient (Wildman–Crippen LogP) is 2.14. The molecular weight excluding hydrogens is 252 g/mol. The Morgan fingerprint density at radius 2 is 2.16 bits per heavy atom. The lowest BCUT2D eigenvalue weighted by Gasteiger charge is -1.97. The van der Waals surface area contributed by atoms with Crippen molar-refractivity contribution in [1.29, 1.82) is 0 Å². The first-order valence-corrected chi connectivity index (χ1v) is 5.31. The molecule has 1 aromatic heterocycles. The number of furan rings is 1. The summed E-state index contributed by atoms with van der Waals surface area (Å²) in [6, 6.07) is 6.71. The number of nitro benzene ring substituents is 1. The van der Waals surface area contributed by atoms with E-state index in [4.69, 9.17) is 9.52 Å². The van der Waals surface area contributed by atoms with Crippen LogP contribution in [0, 0.1) is 10.1 Å². The molecule has 7 nitrogen and oxygen atoms in total. The molecule has 0 bridgehead atoms. The van der Waals surface area contributed by atoms with Crippen molar-refractivity contribution in [2.75, 3.05) is 0 Å². The second-order valence-corrected chi connectivity index (χ2v) is 3.65. The van der Waals surface area contributed by atoms with Gasteiger partial charge in [0.2, 0.25) is 0 Å². The fourth-order valence-corrected chi connectivity index (χ4v) is 1.41. The Morgan fingerprint density at radius 1 is 1.37 bits per heavy atom. The first-order chi connectivity index (χ1) is 9.10. The van der Waals surface area contributed by atoms with E-state index in [1.807, 2.05) is 0 Å². The molecule has 19 heavy (non-hydrogen) atoms. The summed E-state index contributed by atoms with van der Waals surface area (Å²) in [5, 5.41) is 29.0. The number of hydrogen-bond donors (Lipinski definition) is 2. The molecule has 0 saturated heterocycles. The van der Waals surface area contributed by atoms with Crippen LogP contribution in [0.3, 0.4) is 0 Å². The standard InChI is InChI=1S/C12H10N2O5/c15-7-10-3-2-9(19-10)6-13-11-5-8(14(17)18)1-4-12(11)16/h1-6,15-16H,7H2/b13-6+. The maximum absolute atomic E-state index is 10.6. The van der Waals surface area contributed by atoms with Gasteiger partial charge in [-0.1, -0.05) is 0 Å². The molecule has 2 rings (SSSR count). The van der Waals surface area contributed by atoms with Gasteiger partial charge in [0.1, 0.15) is 29.6 Å². The highest BCUT2D eigenvalue weighted by molar-refractivity contribution is 5.80. The van der Waals surface area contributed by atoms with E-state index in [-0.39, 0.29) is 23.7 Å². The highest BCUT2D eigenvalue weighted by atomic mass is 16.6. The lowest BCUT2D eigenvalue weighted by molar-refractivity contribution is -0.384. The van der Waals surface area contributed by atoms with Gasteiger partial charge in [0.25, 0.3) is 5.69 Å². The summed E-state index contributed by atoms with van der Waals surface area (Å²) < 4.78 is 5.16. The second-order valence-electron chi connectivity index (χ2n) is 3.65. The van der Waals surface area contributed by atoms with E-state index in [2.05, 4.69) is 4.99 Å². The number of phenols is 1. The second kappa shape index (κ2) is 5.32. The number of nitro groups is 1. The zero-order chi connectivity index (χ0) is 13.8. The van der Waals surface area contributed by atoms with E-state index in [9.17, 15) is 15.2 Å². The van der Waals surface area contributed by atoms with Gasteiger partial charge in [0, 0.05) is 12.1 Å². The molecule has 2 N–H and O–H groups in total. The fraction of sp³-hybridized carbons (Fsp3) is 0.0833. The van der Waals surface area contributed by atoms with Crippen LogP contribution in [0.15, 0.2) is 39.7 Å². The number of rotatable bonds is 4. The minimum absolute atomic E-state index is 0.0659. The van der Waals surface area contributed by atoms with Crippen LogP contribution in [0.5, 0.6) is 5.75 Å². The number of aliphatic imine (C=N–C) groups is 1. The lowest BCUT2D eigenvalue weighted by Crippen LogP contribution is -1.86. The normalized spacial score (nSPS) is 11.0. The number of aliphatic hydroxyl groups excluding tert-OH is 1. The van der Waals surface area contributed by atoms with Gasteiger partial charge in [-0.15, -0.1) is 0 Å². The van der Waals surface area contributed by atoms with Gasteiger partial charge in [-0.3, -0.25) is 10.1 Å². The third-order valence-electron chi connectivity index (χ3n) is 2.34. The summed E-state index contributed by atoms with van der Waals surface area (Å²) in [5.74, 6) is 0.579. The molecule has 1 heterocycles. The Morgan fingerprint density at radius 3 is 2.79 bits per heavy atom. The Hall–Kier alpha value is -2.67. The van der Waals surface area contributed by atoms with Crippen molar-refractivity contribution in [2.45, 2.75) is 6.61 Å². The molecule has 0 radical (unpaired) electrons. The van der Waals surface area contributed by atoms with Crippen LogP contribution in [0.4, 0.5) is 11.4 Å². The Labute approximate surface area is 107 Å². The van der Waals surface area contributed by atoms with Crippen molar-refractivity contribution in [3.63, 3.8) is 0 Å². The van der Waals surface area contributed by atoms with Crippen molar-refractivity contribution in [3.8, 4) is 5.75 Å². The van der Waals surface area contributed by atoms with Crippen LogP contribution in [-0.4, -0.2) is 21.4 Å². The molecule has 98 valence electrons. The maximum atomic E-state index is 10.6. The van der Waals surface area contributed by atoms with Crippen LogP contribution < -0.4 is 0 Å². The van der Waals surface area contributed by atoms with Gasteiger partial charge in [-0.05, 0) is 18.2 Å². The predicted molar refractivity (Wildman–Crippen MR) is 66.6 cm³/mol. The monoisotopic (exact) mass is 262 g/mol. The number of phenolic OH excluding ortho intramolecular Hbond substituents is 1. The van der Waals surface area contributed by atoms with E-state index in [1.54, 1.807) is 12.1 Å². The first kappa shape index (κ1) is 12.8. The van der Waals surface area contributed by atoms with E-state index in [1.165, 1.54) is 18.3 Å². The fourth-order valence-electron chi connectivity index (χ4n) is 1.41. The minimum Gasteiger partial charge on any atom is -0.506 e. The van der Waals surface area contributed by atoms with Gasteiger partial charge in [-0.25, -0.2) is 4.99 Å². The molecule has 7 heteroatoms. The number of nitrogens with zero attached hydrogens (tertiary/aromatic N) is 2. The third-order valence-corrected chi connectivity index (χ3v) is 2.34. The van der Waals surface area contributed by atoms with Crippen molar-refractivity contribution in [2.24, 2.45) is 4.99 Å². The zero-order valence-corrected chi connectivity index (χ0v) is 9.68. The molecule has 0 aliphatic heterocycles. The molecule has 0 saturated carbocycles. The highest BCUT2D eigenvalue weighted by Gasteiger charge is 2.09. The van der Waals surface area contributed by atoms with Gasteiger partial charge in [0.15, 0.2) is 0 Å². The average molecular weight is 262 g/mol. The Kier molecular flexibility index (Phi) is 3.58. The van der Waals surface area contributed by atoms with Crippen molar-refractivity contribution >= 4 is 17.6 Å². The summed E-state index contributed by atoms with van der Waals surface area (Å²) in [6.07, 6.45) is 1.30. The largest absolute Gasteiger partial charge is 0.506 e. The van der Waals surface area contributed by atoms with Gasteiger partial charge < -0.3 is 14.6 Å². The topological polar surface area (TPSA) is 109 Å². The van der Waals surface area contributed by atoms with Crippen LogP contribution in [0.25, 0.3) is 0 Å². The molecule has 0 spiro atoms. The van der Waals surface area contributed by atoms with E-state index < -0.39 is 4.92 Å². The molecule has 0 amide bonds. The summed E-state index contributed by atoms with van der Waals surface area (Å²) in [7, 11) is 0. The molecule has 0 aliphatic rings. The maximum Gasteiger partial charge on any atom is 0.271 e. The summed E-state index contributed by atoms with van der Waals surface area (Å²) in [5.41, 5.74) is -0.100. The summed E-state index contributed by atoms with van der Waals surface area (Å²) >= 11 is 0. The zero-order valence-electron chi connectivity index (χ0n) is 9.68. The number of non-ortho nitro benzene ring substituents is 1. The average Bonchev–Trinajstić information content (AvgIpc) is 2.85. The number of benzene rings is 1. The minimum atomic E-state index is -0.574. The van der Waals surface area contributed by atoms with Crippen LogP contribution in [-0.2, 0) is 6.61 Å². The van der Waals surface area contributed by atoms with E-state index >= 15 is 0 Å². The van der Waals surface area contributed by atoms with Crippen LogP contribution in [0.2, 0.25) is 0 Å². The van der Waals surface area contributed by atoms with Crippen molar-refractivity contribution in [1.82, 2.24) is 0 Å². The molecule has 0 unspecified atom stereocenters. The smallest absolute Gasteiger partial charge is 0.271 e. The SMILES string of the molecule is O=[N+]([O-])c1ccc(O)c(/N=C/c2ccc(CO)o2)c1. The Balaban J connectivity index is 2.26. The van der Waals surface area contributed by atoms with E-state index in [0.717, 1.165) is 6.07 Å². The molecular formula is C12H10N2O5. The number of hydrogen-bond acceptors (Lipinski definition) is 6. The molecule has 2 aromatic rings. The Bertz CT molecular complexity index is 633. The third kappa shape index (κ3) is 2.96. The van der Waals surface area contributed by atoms with Gasteiger partial charge in [0.05, 0.1) is 11.1 Å². The van der Waals surface area contributed by atoms with Crippen LogP contribution >= 0.6 is 0 Å². The van der Waals surface area contributed by atoms with E-state index in [0.29, 0.717) is 11.5 Å². The van der Waals surface area contributed by atoms with Crippen LogP contribution in [0.1, 0.15) is 11.5 Å². The highest BCUT2D eigenvalue weighted by Crippen LogP contribution is 2.30. The first-order valence-electron chi connectivity index (χ1n) is 5.31. The van der Waals surface area contributed by atoms with Crippen molar-refractivity contribution < 1.29 is 19.6 Å².